The number of halogens is 1. The number of alkyl halides is 1. The van der Waals surface area contributed by atoms with E-state index in [1.165, 1.54) is 11.3 Å². The zero-order valence-corrected chi connectivity index (χ0v) is 13.1. The number of aryl methyl sites for hydroxylation is 1. The van der Waals surface area contributed by atoms with Gasteiger partial charge in [-0.05, 0) is 35.3 Å². The van der Waals surface area contributed by atoms with Crippen molar-refractivity contribution in [2.45, 2.75) is 45.9 Å². The van der Waals surface area contributed by atoms with Gasteiger partial charge in [0.25, 0.3) is 5.91 Å². The first-order chi connectivity index (χ1) is 8.33. The highest BCUT2D eigenvalue weighted by atomic mass is 35.5. The van der Waals surface area contributed by atoms with E-state index >= 15 is 0 Å². The Bertz CT molecular complexity index is 395. The standard InChI is InChI=1S/C14H22ClNOS/c1-5-10-6-7-18-12(10)13(17)16-9-11(15)8-14(2,3)4/h6-7,11H,5,8-9H2,1-4H3,(H,16,17). The summed E-state index contributed by atoms with van der Waals surface area (Å²) in [6, 6.07) is 2.01. The average Bonchev–Trinajstić information content (AvgIpc) is 2.71. The summed E-state index contributed by atoms with van der Waals surface area (Å²) < 4.78 is 0. The van der Waals surface area contributed by atoms with E-state index in [1.54, 1.807) is 0 Å². The maximum atomic E-state index is 12.0. The second-order valence-corrected chi connectivity index (χ2v) is 7.23. The molecule has 0 aliphatic rings. The molecule has 4 heteroatoms. The lowest BCUT2D eigenvalue weighted by Gasteiger charge is -2.21. The van der Waals surface area contributed by atoms with Crippen molar-refractivity contribution in [3.05, 3.63) is 21.9 Å². The molecule has 0 radical (unpaired) electrons. The molecule has 1 atom stereocenters. The second kappa shape index (κ2) is 6.58. The third-order valence-corrected chi connectivity index (χ3v) is 3.92. The topological polar surface area (TPSA) is 29.1 Å². The quantitative estimate of drug-likeness (QED) is 0.812. The molecule has 2 nitrogen and oxygen atoms in total. The summed E-state index contributed by atoms with van der Waals surface area (Å²) in [5, 5.41) is 4.87. The Kier molecular flexibility index (Phi) is 5.67. The molecule has 0 spiro atoms. The molecule has 0 fully saturated rings. The monoisotopic (exact) mass is 287 g/mol. The van der Waals surface area contributed by atoms with Crippen LogP contribution in [0, 0.1) is 5.41 Å². The Morgan fingerprint density at radius 2 is 2.17 bits per heavy atom. The Balaban J connectivity index is 2.47. The van der Waals surface area contributed by atoms with Crippen molar-refractivity contribution >= 4 is 28.8 Å². The summed E-state index contributed by atoms with van der Waals surface area (Å²) in [6.45, 7) is 9.04. The van der Waals surface area contributed by atoms with Gasteiger partial charge in [-0.1, -0.05) is 27.7 Å². The van der Waals surface area contributed by atoms with Gasteiger partial charge in [-0.2, -0.15) is 0 Å². The summed E-state index contributed by atoms with van der Waals surface area (Å²) >= 11 is 7.73. The van der Waals surface area contributed by atoms with Crippen LogP contribution in [0.15, 0.2) is 11.4 Å². The van der Waals surface area contributed by atoms with E-state index in [4.69, 9.17) is 11.6 Å². The minimum atomic E-state index is -0.0148. The number of rotatable bonds is 5. The average molecular weight is 288 g/mol. The third-order valence-electron chi connectivity index (χ3n) is 2.65. The molecule has 0 saturated carbocycles. The summed E-state index contributed by atoms with van der Waals surface area (Å²) in [4.78, 5) is 12.8. The van der Waals surface area contributed by atoms with E-state index in [9.17, 15) is 4.79 Å². The predicted molar refractivity (Wildman–Crippen MR) is 79.7 cm³/mol. The van der Waals surface area contributed by atoms with Gasteiger partial charge in [-0.3, -0.25) is 4.79 Å². The zero-order valence-electron chi connectivity index (χ0n) is 11.5. The minimum absolute atomic E-state index is 0.00130. The van der Waals surface area contributed by atoms with Gasteiger partial charge >= 0.3 is 0 Å². The van der Waals surface area contributed by atoms with Crippen LogP contribution in [-0.4, -0.2) is 17.8 Å². The minimum Gasteiger partial charge on any atom is -0.350 e. The molecule has 1 heterocycles. The third kappa shape index (κ3) is 4.99. The first-order valence-electron chi connectivity index (χ1n) is 6.32. The lowest BCUT2D eigenvalue weighted by Crippen LogP contribution is -2.31. The highest BCUT2D eigenvalue weighted by Gasteiger charge is 2.18. The SMILES string of the molecule is CCc1ccsc1C(=O)NCC(Cl)CC(C)(C)C. The first kappa shape index (κ1) is 15.5. The molecule has 0 aliphatic heterocycles. The Labute approximate surface area is 119 Å². The molecular formula is C14H22ClNOS. The van der Waals surface area contributed by atoms with Gasteiger partial charge in [-0.15, -0.1) is 22.9 Å². The number of hydrogen-bond acceptors (Lipinski definition) is 2. The Morgan fingerprint density at radius 1 is 1.50 bits per heavy atom. The first-order valence-corrected chi connectivity index (χ1v) is 7.63. The summed E-state index contributed by atoms with van der Waals surface area (Å²) in [7, 11) is 0. The van der Waals surface area contributed by atoms with E-state index in [-0.39, 0.29) is 16.7 Å². The van der Waals surface area contributed by atoms with Crippen LogP contribution in [0.1, 0.15) is 49.4 Å². The van der Waals surface area contributed by atoms with Crippen molar-refractivity contribution in [1.29, 1.82) is 0 Å². The van der Waals surface area contributed by atoms with E-state index in [1.807, 2.05) is 11.4 Å². The molecule has 1 unspecified atom stereocenters. The zero-order chi connectivity index (χ0) is 13.8. The van der Waals surface area contributed by atoms with Crippen molar-refractivity contribution in [3.8, 4) is 0 Å². The maximum absolute atomic E-state index is 12.0. The van der Waals surface area contributed by atoms with Crippen molar-refractivity contribution in [2.24, 2.45) is 5.41 Å². The Morgan fingerprint density at radius 3 is 2.72 bits per heavy atom. The molecule has 1 amide bonds. The van der Waals surface area contributed by atoms with Crippen LogP contribution in [0.4, 0.5) is 0 Å². The van der Waals surface area contributed by atoms with Gasteiger partial charge in [0, 0.05) is 6.54 Å². The number of hydrogen-bond donors (Lipinski definition) is 1. The van der Waals surface area contributed by atoms with Crippen molar-refractivity contribution in [3.63, 3.8) is 0 Å². The lowest BCUT2D eigenvalue weighted by atomic mass is 9.90. The largest absolute Gasteiger partial charge is 0.350 e. The highest BCUT2D eigenvalue weighted by Crippen LogP contribution is 2.23. The van der Waals surface area contributed by atoms with E-state index in [0.29, 0.717) is 6.54 Å². The molecule has 1 aromatic heterocycles. The molecule has 0 bridgehead atoms. The van der Waals surface area contributed by atoms with Crippen LogP contribution in [0.25, 0.3) is 0 Å². The number of nitrogens with one attached hydrogen (secondary N) is 1. The number of thiophene rings is 1. The Hall–Kier alpha value is -0.540. The fraction of sp³-hybridized carbons (Fsp3) is 0.643. The number of amides is 1. The molecule has 1 N–H and O–H groups in total. The summed E-state index contributed by atoms with van der Waals surface area (Å²) in [5.74, 6) is 0.00130. The van der Waals surface area contributed by atoms with Crippen LogP contribution < -0.4 is 5.32 Å². The smallest absolute Gasteiger partial charge is 0.261 e. The number of carbonyl (C=O) groups excluding carboxylic acids is 1. The van der Waals surface area contributed by atoms with E-state index in [0.717, 1.165) is 23.3 Å². The van der Waals surface area contributed by atoms with Crippen LogP contribution in [0.3, 0.4) is 0 Å². The molecule has 0 aromatic carbocycles. The van der Waals surface area contributed by atoms with Gasteiger partial charge in [0.1, 0.15) is 0 Å². The van der Waals surface area contributed by atoms with Gasteiger partial charge in [-0.25, -0.2) is 0 Å². The van der Waals surface area contributed by atoms with Crippen LogP contribution >= 0.6 is 22.9 Å². The predicted octanol–water partition coefficient (Wildman–Crippen LogP) is 4.08. The highest BCUT2D eigenvalue weighted by molar-refractivity contribution is 7.12. The molecule has 0 aliphatic carbocycles. The lowest BCUT2D eigenvalue weighted by molar-refractivity contribution is 0.0955. The van der Waals surface area contributed by atoms with Crippen LogP contribution in [0.2, 0.25) is 0 Å². The molecule has 1 aromatic rings. The normalized spacial score (nSPS) is 13.4. The second-order valence-electron chi connectivity index (χ2n) is 5.70. The summed E-state index contributed by atoms with van der Waals surface area (Å²) in [6.07, 6.45) is 1.78. The molecule has 102 valence electrons. The van der Waals surface area contributed by atoms with Crippen LogP contribution in [-0.2, 0) is 6.42 Å². The molecule has 1 rings (SSSR count). The van der Waals surface area contributed by atoms with E-state index in [2.05, 4.69) is 33.0 Å². The maximum Gasteiger partial charge on any atom is 0.261 e. The van der Waals surface area contributed by atoms with Crippen LogP contribution in [0.5, 0.6) is 0 Å². The van der Waals surface area contributed by atoms with E-state index < -0.39 is 0 Å². The summed E-state index contributed by atoms with van der Waals surface area (Å²) in [5.41, 5.74) is 1.30. The number of carbonyl (C=O) groups is 1. The van der Waals surface area contributed by atoms with Crippen molar-refractivity contribution < 1.29 is 4.79 Å². The van der Waals surface area contributed by atoms with Gasteiger partial charge in [0.2, 0.25) is 0 Å². The van der Waals surface area contributed by atoms with Gasteiger partial charge in [0.15, 0.2) is 0 Å². The fourth-order valence-corrected chi connectivity index (χ4v) is 3.29. The fourth-order valence-electron chi connectivity index (χ4n) is 1.83. The molecule has 18 heavy (non-hydrogen) atoms. The molecular weight excluding hydrogens is 266 g/mol. The molecule has 0 saturated heterocycles. The van der Waals surface area contributed by atoms with Crippen molar-refractivity contribution in [2.75, 3.05) is 6.54 Å². The van der Waals surface area contributed by atoms with Crippen molar-refractivity contribution in [1.82, 2.24) is 5.32 Å². The van der Waals surface area contributed by atoms with Gasteiger partial charge < -0.3 is 5.32 Å². The van der Waals surface area contributed by atoms with Gasteiger partial charge in [0.05, 0.1) is 10.3 Å².